The fourth-order valence-corrected chi connectivity index (χ4v) is 2.58. The minimum Gasteiger partial charge on any atom is -0.480 e. The van der Waals surface area contributed by atoms with Gasteiger partial charge in [-0.3, -0.25) is 4.98 Å². The van der Waals surface area contributed by atoms with Crippen molar-refractivity contribution >= 4 is 0 Å². The van der Waals surface area contributed by atoms with Crippen LogP contribution < -0.4 is 10.1 Å². The van der Waals surface area contributed by atoms with Gasteiger partial charge >= 0.3 is 0 Å². The Morgan fingerprint density at radius 3 is 2.30 bits per heavy atom. The molecule has 1 rings (SSSR count). The maximum Gasteiger partial charge on any atom is 0.237 e. The molecule has 0 radical (unpaired) electrons. The Labute approximate surface area is 122 Å². The molecular weight excluding hydrogens is 254 g/mol. The largest absolute Gasteiger partial charge is 0.480 e. The number of ether oxygens (including phenoxy) is 2. The van der Waals surface area contributed by atoms with Crippen molar-refractivity contribution in [1.29, 1.82) is 0 Å². The van der Waals surface area contributed by atoms with Gasteiger partial charge in [0.05, 0.1) is 18.8 Å². The predicted octanol–water partition coefficient (Wildman–Crippen LogP) is 2.73. The summed E-state index contributed by atoms with van der Waals surface area (Å²) < 4.78 is 11.2. The number of hydrogen-bond acceptors (Lipinski definition) is 5. The van der Waals surface area contributed by atoms with E-state index in [1.165, 1.54) is 0 Å². The molecule has 0 amide bonds. The third kappa shape index (κ3) is 3.46. The van der Waals surface area contributed by atoms with E-state index in [0.717, 1.165) is 31.5 Å². The van der Waals surface area contributed by atoms with Crippen molar-refractivity contribution in [3.63, 3.8) is 0 Å². The van der Waals surface area contributed by atoms with Crippen molar-refractivity contribution in [1.82, 2.24) is 15.3 Å². The van der Waals surface area contributed by atoms with Crippen LogP contribution in [0.1, 0.15) is 51.8 Å². The van der Waals surface area contributed by atoms with Gasteiger partial charge in [-0.1, -0.05) is 20.8 Å². The Bertz CT molecular complexity index is 386. The number of hydrogen-bond donors (Lipinski definition) is 1. The normalized spacial score (nSPS) is 13.2. The van der Waals surface area contributed by atoms with Crippen LogP contribution in [0.15, 0.2) is 12.4 Å². The summed E-state index contributed by atoms with van der Waals surface area (Å²) >= 11 is 0. The summed E-state index contributed by atoms with van der Waals surface area (Å²) in [7, 11) is 3.38. The fourth-order valence-electron chi connectivity index (χ4n) is 2.58. The summed E-state index contributed by atoms with van der Waals surface area (Å²) in [6.45, 7) is 7.31. The van der Waals surface area contributed by atoms with Gasteiger partial charge in [0.1, 0.15) is 5.69 Å². The number of rotatable bonds is 9. The zero-order chi connectivity index (χ0) is 15.0. The molecule has 0 aromatic carbocycles. The third-order valence-electron chi connectivity index (χ3n) is 3.89. The van der Waals surface area contributed by atoms with E-state index in [0.29, 0.717) is 5.88 Å². The van der Waals surface area contributed by atoms with Gasteiger partial charge in [0, 0.05) is 19.5 Å². The molecule has 20 heavy (non-hydrogen) atoms. The lowest BCUT2D eigenvalue weighted by Gasteiger charge is -2.38. The monoisotopic (exact) mass is 281 g/mol. The minimum absolute atomic E-state index is 0.0360. The first-order chi connectivity index (χ1) is 9.68. The maximum absolute atomic E-state index is 5.86. The van der Waals surface area contributed by atoms with Gasteiger partial charge in [0.2, 0.25) is 5.88 Å². The average molecular weight is 281 g/mol. The average Bonchev–Trinajstić information content (AvgIpc) is 2.52. The van der Waals surface area contributed by atoms with E-state index in [2.05, 4.69) is 36.1 Å². The molecule has 5 heteroatoms. The standard InChI is InChI=1S/C15H27N3O2/c1-6-9-17-13(15(7-2,8-3)20-5)12-14(19-4)18-11-10-16-12/h10-11,13,17H,6-9H2,1-5H3. The van der Waals surface area contributed by atoms with E-state index >= 15 is 0 Å². The molecule has 0 aliphatic heterocycles. The molecule has 114 valence electrons. The van der Waals surface area contributed by atoms with E-state index in [1.807, 2.05) is 0 Å². The Morgan fingerprint density at radius 1 is 1.15 bits per heavy atom. The Hall–Kier alpha value is -1.20. The molecule has 1 atom stereocenters. The molecule has 1 aromatic heterocycles. The van der Waals surface area contributed by atoms with Crippen LogP contribution in [0.25, 0.3) is 0 Å². The summed E-state index contributed by atoms with van der Waals surface area (Å²) in [5, 5.41) is 3.55. The van der Waals surface area contributed by atoms with Crippen LogP contribution in [0.2, 0.25) is 0 Å². The Kier molecular flexibility index (Phi) is 6.88. The van der Waals surface area contributed by atoms with Crippen molar-refractivity contribution < 1.29 is 9.47 Å². The van der Waals surface area contributed by atoms with E-state index in [1.54, 1.807) is 26.6 Å². The summed E-state index contributed by atoms with van der Waals surface area (Å²) in [6, 6.07) is -0.0360. The third-order valence-corrected chi connectivity index (χ3v) is 3.89. The quantitative estimate of drug-likeness (QED) is 0.754. The Balaban J connectivity index is 3.23. The highest BCUT2D eigenvalue weighted by atomic mass is 16.5. The van der Waals surface area contributed by atoms with Gasteiger partial charge in [0.15, 0.2) is 0 Å². The van der Waals surface area contributed by atoms with Gasteiger partial charge in [-0.2, -0.15) is 0 Å². The van der Waals surface area contributed by atoms with Gasteiger partial charge in [-0.15, -0.1) is 0 Å². The zero-order valence-electron chi connectivity index (χ0n) is 13.3. The zero-order valence-corrected chi connectivity index (χ0v) is 13.3. The molecule has 1 N–H and O–H groups in total. The van der Waals surface area contributed by atoms with Crippen LogP contribution in [0.4, 0.5) is 0 Å². The topological polar surface area (TPSA) is 56.3 Å². The van der Waals surface area contributed by atoms with Crippen molar-refractivity contribution in [2.75, 3.05) is 20.8 Å². The highest BCUT2D eigenvalue weighted by molar-refractivity contribution is 5.24. The molecule has 5 nitrogen and oxygen atoms in total. The number of nitrogens with one attached hydrogen (secondary N) is 1. The molecule has 0 bridgehead atoms. The SMILES string of the molecule is CCCNC(c1nccnc1OC)C(CC)(CC)OC. The van der Waals surface area contributed by atoms with E-state index in [4.69, 9.17) is 9.47 Å². The van der Waals surface area contributed by atoms with E-state index in [-0.39, 0.29) is 11.6 Å². The fraction of sp³-hybridized carbons (Fsp3) is 0.733. The molecule has 0 aliphatic rings. The lowest BCUT2D eigenvalue weighted by Crippen LogP contribution is -2.45. The first-order valence-corrected chi connectivity index (χ1v) is 7.32. The second kappa shape index (κ2) is 8.17. The highest BCUT2D eigenvalue weighted by Crippen LogP contribution is 2.36. The molecular formula is C15H27N3O2. The van der Waals surface area contributed by atoms with Gasteiger partial charge in [-0.05, 0) is 25.8 Å². The van der Waals surface area contributed by atoms with Crippen molar-refractivity contribution in [2.24, 2.45) is 0 Å². The number of nitrogens with zero attached hydrogens (tertiary/aromatic N) is 2. The van der Waals surface area contributed by atoms with Gasteiger partial charge in [-0.25, -0.2) is 4.98 Å². The molecule has 0 fully saturated rings. The lowest BCUT2D eigenvalue weighted by atomic mass is 9.86. The maximum atomic E-state index is 5.86. The smallest absolute Gasteiger partial charge is 0.237 e. The second-order valence-corrected chi connectivity index (χ2v) is 4.81. The molecule has 0 saturated heterocycles. The van der Waals surface area contributed by atoms with E-state index < -0.39 is 0 Å². The van der Waals surface area contributed by atoms with Crippen LogP contribution in [0.5, 0.6) is 5.88 Å². The molecule has 1 aromatic rings. The van der Waals surface area contributed by atoms with E-state index in [9.17, 15) is 0 Å². The van der Waals surface area contributed by atoms with Crippen LogP contribution in [-0.4, -0.2) is 36.3 Å². The highest BCUT2D eigenvalue weighted by Gasteiger charge is 2.39. The van der Waals surface area contributed by atoms with Crippen LogP contribution in [-0.2, 0) is 4.74 Å². The van der Waals surface area contributed by atoms with Crippen LogP contribution in [0.3, 0.4) is 0 Å². The first kappa shape index (κ1) is 16.9. The lowest BCUT2D eigenvalue weighted by molar-refractivity contribution is -0.0502. The van der Waals surface area contributed by atoms with Crippen molar-refractivity contribution in [3.05, 3.63) is 18.1 Å². The van der Waals surface area contributed by atoms with Gasteiger partial charge in [0.25, 0.3) is 0 Å². The van der Waals surface area contributed by atoms with Crippen LogP contribution >= 0.6 is 0 Å². The van der Waals surface area contributed by atoms with Crippen LogP contribution in [0, 0.1) is 0 Å². The summed E-state index contributed by atoms with van der Waals surface area (Å²) in [6.07, 6.45) is 6.17. The molecule has 0 aliphatic carbocycles. The number of aromatic nitrogens is 2. The molecule has 1 unspecified atom stereocenters. The van der Waals surface area contributed by atoms with Crippen molar-refractivity contribution in [2.45, 2.75) is 51.7 Å². The summed E-state index contributed by atoms with van der Waals surface area (Å²) in [5.41, 5.74) is 0.507. The minimum atomic E-state index is -0.307. The predicted molar refractivity (Wildman–Crippen MR) is 79.9 cm³/mol. The molecule has 0 spiro atoms. The number of methoxy groups -OCH3 is 2. The Morgan fingerprint density at radius 2 is 1.80 bits per heavy atom. The molecule has 1 heterocycles. The summed E-state index contributed by atoms with van der Waals surface area (Å²) in [5.74, 6) is 0.560. The summed E-state index contributed by atoms with van der Waals surface area (Å²) in [4.78, 5) is 8.74. The van der Waals surface area contributed by atoms with Crippen molar-refractivity contribution in [3.8, 4) is 5.88 Å². The first-order valence-electron chi connectivity index (χ1n) is 7.32. The second-order valence-electron chi connectivity index (χ2n) is 4.81. The molecule has 0 saturated carbocycles. The van der Waals surface area contributed by atoms with Gasteiger partial charge < -0.3 is 14.8 Å².